The SMILES string of the molecule is Cc1cc(COC(=O)CCCC/C=C/C(C)C)ccc1O.Cc1cc(COC(=O)CCCCCC(C)C)ccc1O.Cc1cc(COC(=O)CCCCCCC(C)C)ccc1O. The van der Waals surface area contributed by atoms with Crippen LogP contribution in [0.1, 0.15) is 171 Å². The van der Waals surface area contributed by atoms with Gasteiger partial charge in [-0.2, -0.15) is 0 Å². The van der Waals surface area contributed by atoms with E-state index < -0.39 is 0 Å². The molecule has 0 bridgehead atoms. The summed E-state index contributed by atoms with van der Waals surface area (Å²) < 4.78 is 15.7. The van der Waals surface area contributed by atoms with E-state index >= 15 is 0 Å². The standard InChI is InChI=1S/C18H28O3.C18H26O3.C17H26O3/c2*1-14(2)8-6-4-5-7-9-18(20)21-13-16-10-11-17(19)15(3)12-16;1-13(2)7-5-4-6-8-17(19)20-12-15-9-10-16(18)14(3)11-15/h10-12,14,19H,4-9,13H2,1-3H3;6,8,10-12,14,19H,4-5,7,9,13H2,1-3H3;9-11,13,18H,4-8,12H2,1-3H3/b;8-6+;. The van der Waals surface area contributed by atoms with Crippen molar-refractivity contribution in [1.82, 2.24) is 0 Å². The molecule has 3 aromatic carbocycles. The second-order valence-corrected chi connectivity index (χ2v) is 17.6. The van der Waals surface area contributed by atoms with Gasteiger partial charge in [0, 0.05) is 19.3 Å². The minimum absolute atomic E-state index is 0.135. The lowest BCUT2D eigenvalue weighted by Gasteiger charge is -2.07. The van der Waals surface area contributed by atoms with Crippen LogP contribution in [0.3, 0.4) is 0 Å². The molecule has 0 aliphatic rings. The Bertz CT molecular complexity index is 1740. The summed E-state index contributed by atoms with van der Waals surface area (Å²) in [6, 6.07) is 15.7. The monoisotopic (exact) mass is 861 g/mol. The van der Waals surface area contributed by atoms with Crippen molar-refractivity contribution in [3.8, 4) is 17.2 Å². The number of allylic oxidation sites excluding steroid dienone is 2. The average Bonchev–Trinajstić information content (AvgIpc) is 3.21. The number of phenols is 3. The van der Waals surface area contributed by atoms with Crippen LogP contribution < -0.4 is 0 Å². The van der Waals surface area contributed by atoms with Crippen molar-refractivity contribution < 1.29 is 43.9 Å². The van der Waals surface area contributed by atoms with Crippen molar-refractivity contribution in [3.63, 3.8) is 0 Å². The number of esters is 3. The summed E-state index contributed by atoms with van der Waals surface area (Å²) in [5.41, 5.74) is 5.11. The largest absolute Gasteiger partial charge is 0.508 e. The molecule has 0 saturated heterocycles. The van der Waals surface area contributed by atoms with Gasteiger partial charge in [-0.15, -0.1) is 0 Å². The maximum Gasteiger partial charge on any atom is 0.306 e. The van der Waals surface area contributed by atoms with Crippen LogP contribution in [0.25, 0.3) is 0 Å². The van der Waals surface area contributed by atoms with E-state index in [2.05, 4.69) is 53.7 Å². The van der Waals surface area contributed by atoms with Gasteiger partial charge in [-0.05, 0) is 140 Å². The minimum Gasteiger partial charge on any atom is -0.508 e. The Morgan fingerprint density at radius 3 is 1.13 bits per heavy atom. The lowest BCUT2D eigenvalue weighted by Crippen LogP contribution is -2.04. The maximum absolute atomic E-state index is 11.6. The first-order chi connectivity index (χ1) is 29.5. The molecular formula is C53H80O9. The van der Waals surface area contributed by atoms with Gasteiger partial charge in [0.05, 0.1) is 0 Å². The minimum atomic E-state index is -0.159. The highest BCUT2D eigenvalue weighted by atomic mass is 16.5. The molecule has 0 aliphatic carbocycles. The van der Waals surface area contributed by atoms with Gasteiger partial charge in [-0.1, -0.05) is 117 Å². The Kier molecular flexibility index (Phi) is 29.3. The Morgan fingerprint density at radius 2 is 0.806 bits per heavy atom. The van der Waals surface area contributed by atoms with Crippen molar-refractivity contribution in [1.29, 1.82) is 0 Å². The van der Waals surface area contributed by atoms with Gasteiger partial charge in [0.25, 0.3) is 0 Å². The van der Waals surface area contributed by atoms with Crippen LogP contribution in [0.4, 0.5) is 0 Å². The lowest BCUT2D eigenvalue weighted by atomic mass is 10.0. The maximum atomic E-state index is 11.6. The molecule has 0 atom stereocenters. The van der Waals surface area contributed by atoms with Crippen molar-refractivity contribution in [2.75, 3.05) is 0 Å². The third kappa shape index (κ3) is 28.7. The predicted molar refractivity (Wildman–Crippen MR) is 251 cm³/mol. The van der Waals surface area contributed by atoms with Crippen LogP contribution >= 0.6 is 0 Å². The summed E-state index contributed by atoms with van der Waals surface area (Å²) in [5, 5.41) is 28.3. The molecule has 0 heterocycles. The fourth-order valence-corrected chi connectivity index (χ4v) is 6.20. The third-order valence-corrected chi connectivity index (χ3v) is 10.1. The first-order valence-electron chi connectivity index (χ1n) is 23.0. The molecule has 3 rings (SSSR count). The van der Waals surface area contributed by atoms with Crippen molar-refractivity contribution in [3.05, 3.63) is 100 Å². The number of phenolic OH excluding ortho intramolecular Hbond substituents is 3. The van der Waals surface area contributed by atoms with E-state index in [0.29, 0.717) is 25.2 Å². The number of aryl methyl sites for hydroxylation is 3. The van der Waals surface area contributed by atoms with Crippen LogP contribution in [0.15, 0.2) is 66.7 Å². The van der Waals surface area contributed by atoms with Crippen LogP contribution in [-0.2, 0) is 48.4 Å². The van der Waals surface area contributed by atoms with E-state index in [9.17, 15) is 29.7 Å². The third-order valence-electron chi connectivity index (χ3n) is 10.1. The summed E-state index contributed by atoms with van der Waals surface area (Å²) in [6.45, 7) is 19.5. The Labute approximate surface area is 374 Å². The highest BCUT2D eigenvalue weighted by Gasteiger charge is 2.08. The Morgan fingerprint density at radius 1 is 0.484 bits per heavy atom. The summed E-state index contributed by atoms with van der Waals surface area (Å²) >= 11 is 0. The highest BCUT2D eigenvalue weighted by molar-refractivity contribution is 5.70. The number of rotatable bonds is 25. The number of carbonyl (C=O) groups is 3. The van der Waals surface area contributed by atoms with E-state index in [1.165, 1.54) is 32.1 Å². The van der Waals surface area contributed by atoms with Crippen LogP contribution in [0.2, 0.25) is 0 Å². The molecular weight excluding hydrogens is 781 g/mol. The molecule has 0 aromatic heterocycles. The number of hydrogen-bond acceptors (Lipinski definition) is 9. The van der Waals surface area contributed by atoms with E-state index in [0.717, 1.165) is 90.2 Å². The van der Waals surface area contributed by atoms with E-state index in [4.69, 9.17) is 14.2 Å². The van der Waals surface area contributed by atoms with E-state index in [1.54, 1.807) is 36.4 Å². The predicted octanol–water partition coefficient (Wildman–Crippen LogP) is 13.6. The number of hydrogen-bond donors (Lipinski definition) is 3. The number of benzene rings is 3. The van der Waals surface area contributed by atoms with Gasteiger partial charge in [0.2, 0.25) is 0 Å². The number of carbonyl (C=O) groups excluding carboxylic acids is 3. The van der Waals surface area contributed by atoms with Gasteiger partial charge in [0.1, 0.15) is 37.1 Å². The zero-order valence-corrected chi connectivity index (χ0v) is 39.6. The van der Waals surface area contributed by atoms with Crippen LogP contribution in [0, 0.1) is 38.5 Å². The van der Waals surface area contributed by atoms with Gasteiger partial charge in [-0.25, -0.2) is 0 Å². The number of aromatic hydroxyl groups is 3. The zero-order chi connectivity index (χ0) is 46.3. The Balaban J connectivity index is 0.000000465. The molecule has 0 fully saturated rings. The van der Waals surface area contributed by atoms with Gasteiger partial charge in [0.15, 0.2) is 0 Å². The molecule has 346 valence electrons. The van der Waals surface area contributed by atoms with Gasteiger partial charge >= 0.3 is 17.9 Å². The second-order valence-electron chi connectivity index (χ2n) is 17.6. The average molecular weight is 861 g/mol. The summed E-state index contributed by atoms with van der Waals surface area (Å²) in [4.78, 5) is 34.9. The lowest BCUT2D eigenvalue weighted by molar-refractivity contribution is -0.146. The quantitative estimate of drug-likeness (QED) is 0.0329. The van der Waals surface area contributed by atoms with Crippen LogP contribution in [-0.4, -0.2) is 33.2 Å². The smallest absolute Gasteiger partial charge is 0.306 e. The molecule has 0 spiro atoms. The Hall–Kier alpha value is -4.79. The summed E-state index contributed by atoms with van der Waals surface area (Å²) in [5.74, 6) is 2.46. The topological polar surface area (TPSA) is 140 Å². The van der Waals surface area contributed by atoms with Crippen LogP contribution in [0.5, 0.6) is 17.2 Å². The molecule has 0 amide bonds. The highest BCUT2D eigenvalue weighted by Crippen LogP contribution is 2.20. The zero-order valence-electron chi connectivity index (χ0n) is 39.6. The second kappa shape index (κ2) is 32.9. The van der Waals surface area contributed by atoms with Crippen molar-refractivity contribution in [2.24, 2.45) is 17.8 Å². The normalized spacial score (nSPS) is 11.0. The molecule has 3 aromatic rings. The van der Waals surface area contributed by atoms with E-state index in [1.807, 2.05) is 39.0 Å². The van der Waals surface area contributed by atoms with Crippen molar-refractivity contribution in [2.45, 2.75) is 178 Å². The number of ether oxygens (including phenoxy) is 3. The molecule has 3 N–H and O–H groups in total. The molecule has 9 heteroatoms. The van der Waals surface area contributed by atoms with E-state index in [-0.39, 0.29) is 55.0 Å². The first-order valence-corrected chi connectivity index (χ1v) is 23.0. The van der Waals surface area contributed by atoms with Gasteiger partial charge in [-0.3, -0.25) is 14.4 Å². The molecule has 62 heavy (non-hydrogen) atoms. The summed E-state index contributed by atoms with van der Waals surface area (Å²) in [6.07, 6.45) is 18.8. The molecule has 0 aliphatic heterocycles. The molecule has 9 nitrogen and oxygen atoms in total. The van der Waals surface area contributed by atoms with Gasteiger partial charge < -0.3 is 29.5 Å². The molecule has 0 saturated carbocycles. The fourth-order valence-electron chi connectivity index (χ4n) is 6.20. The van der Waals surface area contributed by atoms with Crippen molar-refractivity contribution >= 4 is 17.9 Å². The first kappa shape index (κ1) is 55.2. The number of unbranched alkanes of at least 4 members (excludes halogenated alkanes) is 7. The molecule has 0 radical (unpaired) electrons. The summed E-state index contributed by atoms with van der Waals surface area (Å²) in [7, 11) is 0. The fraction of sp³-hybridized carbons (Fsp3) is 0.566. The molecule has 0 unspecified atom stereocenters.